The molecule has 1 heterocycles. The SMILES string of the molecule is COc1cc(C)cc(OC)c1[C@H]1CCCN1. The fourth-order valence-electron chi connectivity index (χ4n) is 2.34. The summed E-state index contributed by atoms with van der Waals surface area (Å²) >= 11 is 0. The van der Waals surface area contributed by atoms with Crippen LogP contribution in [-0.2, 0) is 0 Å². The normalized spacial score (nSPS) is 19.8. The zero-order valence-electron chi connectivity index (χ0n) is 10.2. The Labute approximate surface area is 96.8 Å². The largest absolute Gasteiger partial charge is 0.496 e. The molecule has 0 unspecified atom stereocenters. The number of rotatable bonds is 3. The second-order valence-corrected chi connectivity index (χ2v) is 4.23. The molecular weight excluding hydrogens is 202 g/mol. The van der Waals surface area contributed by atoms with Crippen LogP contribution in [0, 0.1) is 6.92 Å². The van der Waals surface area contributed by atoms with E-state index in [1.165, 1.54) is 6.42 Å². The molecule has 0 bridgehead atoms. The summed E-state index contributed by atoms with van der Waals surface area (Å²) in [7, 11) is 3.43. The van der Waals surface area contributed by atoms with E-state index in [1.807, 2.05) is 0 Å². The minimum Gasteiger partial charge on any atom is -0.496 e. The van der Waals surface area contributed by atoms with Gasteiger partial charge in [-0.15, -0.1) is 0 Å². The average molecular weight is 221 g/mol. The molecule has 1 aromatic rings. The minimum absolute atomic E-state index is 0.366. The molecule has 16 heavy (non-hydrogen) atoms. The van der Waals surface area contributed by atoms with Crippen molar-refractivity contribution >= 4 is 0 Å². The fourth-order valence-corrected chi connectivity index (χ4v) is 2.34. The molecule has 1 N–H and O–H groups in total. The third-order valence-electron chi connectivity index (χ3n) is 3.10. The molecule has 2 rings (SSSR count). The molecule has 0 spiro atoms. The number of hydrogen-bond acceptors (Lipinski definition) is 3. The van der Waals surface area contributed by atoms with Crippen LogP contribution in [-0.4, -0.2) is 20.8 Å². The zero-order valence-corrected chi connectivity index (χ0v) is 10.2. The summed E-state index contributed by atoms with van der Waals surface area (Å²) in [6, 6.07) is 4.50. The number of benzene rings is 1. The van der Waals surface area contributed by atoms with Crippen LogP contribution >= 0.6 is 0 Å². The van der Waals surface area contributed by atoms with E-state index in [2.05, 4.69) is 24.4 Å². The van der Waals surface area contributed by atoms with E-state index < -0.39 is 0 Å². The predicted molar refractivity (Wildman–Crippen MR) is 64.3 cm³/mol. The van der Waals surface area contributed by atoms with Crippen LogP contribution in [0.1, 0.15) is 30.0 Å². The van der Waals surface area contributed by atoms with Crippen molar-refractivity contribution in [1.29, 1.82) is 0 Å². The lowest BCUT2D eigenvalue weighted by Crippen LogP contribution is -2.15. The molecule has 3 nitrogen and oxygen atoms in total. The van der Waals surface area contributed by atoms with E-state index in [1.54, 1.807) is 14.2 Å². The molecule has 1 atom stereocenters. The standard InChI is InChI=1S/C13H19NO2/c1-9-7-11(15-2)13(12(8-9)16-3)10-5-4-6-14-10/h7-8,10,14H,4-6H2,1-3H3/t10-/m1/s1. The second-order valence-electron chi connectivity index (χ2n) is 4.23. The topological polar surface area (TPSA) is 30.5 Å². The van der Waals surface area contributed by atoms with E-state index in [-0.39, 0.29) is 0 Å². The highest BCUT2D eigenvalue weighted by molar-refractivity contribution is 5.50. The van der Waals surface area contributed by atoms with Crippen molar-refractivity contribution in [2.24, 2.45) is 0 Å². The summed E-state index contributed by atoms with van der Waals surface area (Å²) in [5.41, 5.74) is 2.32. The number of aryl methyl sites for hydroxylation is 1. The first-order valence-corrected chi connectivity index (χ1v) is 5.72. The van der Waals surface area contributed by atoms with Gasteiger partial charge in [0.15, 0.2) is 0 Å². The monoisotopic (exact) mass is 221 g/mol. The van der Waals surface area contributed by atoms with E-state index in [0.29, 0.717) is 6.04 Å². The van der Waals surface area contributed by atoms with Crippen molar-refractivity contribution in [2.45, 2.75) is 25.8 Å². The summed E-state index contributed by atoms with van der Waals surface area (Å²) in [5.74, 6) is 1.85. The minimum atomic E-state index is 0.366. The maximum Gasteiger partial charge on any atom is 0.127 e. The Hall–Kier alpha value is -1.22. The van der Waals surface area contributed by atoms with Gasteiger partial charge in [0.25, 0.3) is 0 Å². The van der Waals surface area contributed by atoms with Crippen molar-refractivity contribution in [3.8, 4) is 11.5 Å². The van der Waals surface area contributed by atoms with Gasteiger partial charge in [0, 0.05) is 6.04 Å². The number of hydrogen-bond donors (Lipinski definition) is 1. The molecule has 0 aromatic heterocycles. The van der Waals surface area contributed by atoms with E-state index >= 15 is 0 Å². The van der Waals surface area contributed by atoms with Gasteiger partial charge in [-0.3, -0.25) is 0 Å². The Balaban J connectivity index is 2.46. The maximum atomic E-state index is 5.46. The highest BCUT2D eigenvalue weighted by Gasteiger charge is 2.24. The predicted octanol–water partition coefficient (Wildman–Crippen LogP) is 2.44. The van der Waals surface area contributed by atoms with Crippen molar-refractivity contribution in [3.05, 3.63) is 23.3 Å². The van der Waals surface area contributed by atoms with Gasteiger partial charge in [-0.05, 0) is 44.0 Å². The Morgan fingerprint density at radius 2 is 1.81 bits per heavy atom. The maximum absolute atomic E-state index is 5.46. The summed E-state index contributed by atoms with van der Waals surface area (Å²) in [4.78, 5) is 0. The lowest BCUT2D eigenvalue weighted by atomic mass is 10.0. The Bertz CT molecular complexity index is 345. The van der Waals surface area contributed by atoms with Crippen molar-refractivity contribution in [1.82, 2.24) is 5.32 Å². The van der Waals surface area contributed by atoms with Crippen molar-refractivity contribution < 1.29 is 9.47 Å². The molecule has 1 aliphatic heterocycles. The fraction of sp³-hybridized carbons (Fsp3) is 0.538. The molecule has 0 saturated carbocycles. The first-order valence-electron chi connectivity index (χ1n) is 5.72. The Kier molecular flexibility index (Phi) is 3.34. The molecule has 3 heteroatoms. The van der Waals surface area contributed by atoms with Crippen LogP contribution in [0.15, 0.2) is 12.1 Å². The molecule has 88 valence electrons. The smallest absolute Gasteiger partial charge is 0.127 e. The van der Waals surface area contributed by atoms with Crippen LogP contribution < -0.4 is 14.8 Å². The van der Waals surface area contributed by atoms with Crippen LogP contribution in [0.2, 0.25) is 0 Å². The number of methoxy groups -OCH3 is 2. The van der Waals surface area contributed by atoms with E-state index in [0.717, 1.165) is 35.6 Å². The van der Waals surface area contributed by atoms with Gasteiger partial charge in [-0.25, -0.2) is 0 Å². The third-order valence-corrected chi connectivity index (χ3v) is 3.10. The summed E-state index contributed by atoms with van der Waals surface area (Å²) < 4.78 is 10.9. The molecular formula is C13H19NO2. The molecule has 0 radical (unpaired) electrons. The van der Waals surface area contributed by atoms with Gasteiger partial charge < -0.3 is 14.8 Å². The lowest BCUT2D eigenvalue weighted by Gasteiger charge is -2.19. The molecule has 0 amide bonds. The molecule has 1 saturated heterocycles. The molecule has 1 aliphatic rings. The van der Waals surface area contributed by atoms with Crippen LogP contribution in [0.5, 0.6) is 11.5 Å². The van der Waals surface area contributed by atoms with Gasteiger partial charge in [-0.1, -0.05) is 0 Å². The summed E-state index contributed by atoms with van der Waals surface area (Å²) in [5, 5.41) is 3.48. The first-order chi connectivity index (χ1) is 7.76. The van der Waals surface area contributed by atoms with Crippen LogP contribution in [0.3, 0.4) is 0 Å². The second kappa shape index (κ2) is 4.74. The molecule has 0 aliphatic carbocycles. The Morgan fingerprint density at radius 1 is 1.19 bits per heavy atom. The zero-order chi connectivity index (χ0) is 11.5. The van der Waals surface area contributed by atoms with E-state index in [4.69, 9.17) is 9.47 Å². The van der Waals surface area contributed by atoms with Gasteiger partial charge >= 0.3 is 0 Å². The number of nitrogens with one attached hydrogen (secondary N) is 1. The first kappa shape index (κ1) is 11.3. The van der Waals surface area contributed by atoms with Gasteiger partial charge in [0.2, 0.25) is 0 Å². The van der Waals surface area contributed by atoms with Crippen molar-refractivity contribution in [3.63, 3.8) is 0 Å². The third kappa shape index (κ3) is 2.00. The average Bonchev–Trinajstić information content (AvgIpc) is 2.80. The lowest BCUT2D eigenvalue weighted by molar-refractivity contribution is 0.375. The van der Waals surface area contributed by atoms with Crippen molar-refractivity contribution in [2.75, 3.05) is 20.8 Å². The summed E-state index contributed by atoms with van der Waals surface area (Å²) in [6.07, 6.45) is 2.36. The van der Waals surface area contributed by atoms with Crippen LogP contribution in [0.25, 0.3) is 0 Å². The van der Waals surface area contributed by atoms with Gasteiger partial charge in [0.1, 0.15) is 11.5 Å². The van der Waals surface area contributed by atoms with Crippen LogP contribution in [0.4, 0.5) is 0 Å². The molecule has 1 fully saturated rings. The van der Waals surface area contributed by atoms with E-state index in [9.17, 15) is 0 Å². The Morgan fingerprint density at radius 3 is 2.25 bits per heavy atom. The number of ether oxygens (including phenoxy) is 2. The highest BCUT2D eigenvalue weighted by atomic mass is 16.5. The van der Waals surface area contributed by atoms with Gasteiger partial charge in [-0.2, -0.15) is 0 Å². The summed E-state index contributed by atoms with van der Waals surface area (Å²) in [6.45, 7) is 3.13. The van der Waals surface area contributed by atoms with Gasteiger partial charge in [0.05, 0.1) is 19.8 Å². The molecule has 1 aromatic carbocycles. The highest BCUT2D eigenvalue weighted by Crippen LogP contribution is 2.38. The quantitative estimate of drug-likeness (QED) is 0.850.